The van der Waals surface area contributed by atoms with Crippen molar-refractivity contribution in [3.8, 4) is 0 Å². The zero-order valence-corrected chi connectivity index (χ0v) is 11.6. The summed E-state index contributed by atoms with van der Waals surface area (Å²) in [6.45, 7) is 6.91. The highest BCUT2D eigenvalue weighted by molar-refractivity contribution is 5.89. The molecule has 1 aliphatic heterocycles. The van der Waals surface area contributed by atoms with Gasteiger partial charge in [0.15, 0.2) is 5.82 Å². The molecule has 19 heavy (non-hydrogen) atoms. The molecule has 0 amide bonds. The number of piperazine rings is 1. The van der Waals surface area contributed by atoms with Gasteiger partial charge >= 0.3 is 5.97 Å². The Labute approximate surface area is 112 Å². The minimum atomic E-state index is -1.01. The lowest BCUT2D eigenvalue weighted by atomic mass is 9.99. The fourth-order valence-corrected chi connectivity index (χ4v) is 2.28. The van der Waals surface area contributed by atoms with E-state index in [1.807, 2.05) is 0 Å². The van der Waals surface area contributed by atoms with Gasteiger partial charge in [0.25, 0.3) is 0 Å². The van der Waals surface area contributed by atoms with Gasteiger partial charge in [0.05, 0.1) is 11.3 Å². The first-order valence-corrected chi connectivity index (χ1v) is 6.26. The van der Waals surface area contributed by atoms with Crippen molar-refractivity contribution < 1.29 is 9.90 Å². The highest BCUT2D eigenvalue weighted by Gasteiger charge is 2.32. The number of nitrogens with zero attached hydrogens (tertiary/aromatic N) is 3. The molecule has 6 nitrogen and oxygen atoms in total. The Bertz CT molecular complexity index is 501. The highest BCUT2D eigenvalue weighted by Crippen LogP contribution is 2.27. The molecule has 104 valence electrons. The molecule has 6 heteroatoms. The molecule has 1 fully saturated rings. The minimum absolute atomic E-state index is 0.0395. The topological polar surface area (TPSA) is 82.7 Å². The zero-order valence-electron chi connectivity index (χ0n) is 11.6. The second-order valence-electron chi connectivity index (χ2n) is 5.60. The first-order chi connectivity index (χ1) is 8.81. The maximum atomic E-state index is 10.9. The summed E-state index contributed by atoms with van der Waals surface area (Å²) >= 11 is 0. The predicted molar refractivity (Wildman–Crippen MR) is 74.5 cm³/mol. The summed E-state index contributed by atoms with van der Waals surface area (Å²) in [6, 6.07) is 1.47. The number of anilines is 2. The number of carboxylic acid groups (broad SMARTS) is 1. The number of likely N-dealkylation sites (N-methyl/N-ethyl adjacent to an activating group) is 1. The molecule has 0 atom stereocenters. The summed E-state index contributed by atoms with van der Waals surface area (Å²) < 4.78 is 0. The van der Waals surface area contributed by atoms with E-state index in [0.29, 0.717) is 11.5 Å². The number of nitrogen functional groups attached to an aromatic ring is 1. The largest absolute Gasteiger partial charge is 0.478 e. The number of hydrogen-bond donors (Lipinski definition) is 2. The van der Waals surface area contributed by atoms with Crippen LogP contribution >= 0.6 is 0 Å². The average Bonchev–Trinajstić information content (AvgIpc) is 2.32. The average molecular weight is 264 g/mol. The van der Waals surface area contributed by atoms with Crippen molar-refractivity contribution in [2.75, 3.05) is 37.3 Å². The maximum Gasteiger partial charge on any atom is 0.337 e. The van der Waals surface area contributed by atoms with Gasteiger partial charge in [-0.2, -0.15) is 0 Å². The van der Waals surface area contributed by atoms with E-state index >= 15 is 0 Å². The number of pyridine rings is 1. The van der Waals surface area contributed by atoms with Crippen LogP contribution in [0.3, 0.4) is 0 Å². The molecule has 0 spiro atoms. The quantitative estimate of drug-likeness (QED) is 0.825. The van der Waals surface area contributed by atoms with E-state index in [1.54, 1.807) is 0 Å². The van der Waals surface area contributed by atoms with Crippen molar-refractivity contribution in [1.82, 2.24) is 9.88 Å². The Hall–Kier alpha value is -1.82. The van der Waals surface area contributed by atoms with Crippen LogP contribution in [0.25, 0.3) is 0 Å². The number of rotatable bonds is 2. The van der Waals surface area contributed by atoms with Crippen LogP contribution < -0.4 is 10.6 Å². The number of hydrogen-bond acceptors (Lipinski definition) is 5. The third kappa shape index (κ3) is 2.63. The fraction of sp³-hybridized carbons (Fsp3) is 0.538. The third-order valence-electron chi connectivity index (χ3n) is 3.76. The fourth-order valence-electron chi connectivity index (χ4n) is 2.28. The van der Waals surface area contributed by atoms with Crippen LogP contribution in [0.4, 0.5) is 11.5 Å². The molecular weight excluding hydrogens is 244 g/mol. The van der Waals surface area contributed by atoms with E-state index in [0.717, 1.165) is 19.6 Å². The zero-order chi connectivity index (χ0) is 14.2. The third-order valence-corrected chi connectivity index (χ3v) is 3.76. The van der Waals surface area contributed by atoms with Gasteiger partial charge in [-0.25, -0.2) is 9.78 Å². The number of carboxylic acids is 1. The van der Waals surface area contributed by atoms with Gasteiger partial charge < -0.3 is 15.7 Å². The summed E-state index contributed by atoms with van der Waals surface area (Å²) in [5.41, 5.74) is 6.51. The number of nitrogens with two attached hydrogens (primary N) is 1. The lowest BCUT2D eigenvalue weighted by Gasteiger charge is -2.46. The van der Waals surface area contributed by atoms with Gasteiger partial charge in [0, 0.05) is 31.4 Å². The molecule has 1 aromatic rings. The Morgan fingerprint density at radius 1 is 1.47 bits per heavy atom. The molecule has 0 saturated carbocycles. The molecule has 1 aromatic heterocycles. The first-order valence-electron chi connectivity index (χ1n) is 6.26. The van der Waals surface area contributed by atoms with Crippen LogP contribution in [0.2, 0.25) is 0 Å². The minimum Gasteiger partial charge on any atom is -0.478 e. The molecule has 0 aromatic carbocycles. The highest BCUT2D eigenvalue weighted by atomic mass is 16.4. The normalized spacial score (nSPS) is 19.4. The van der Waals surface area contributed by atoms with Gasteiger partial charge in [-0.1, -0.05) is 0 Å². The SMILES string of the molecule is CN1CCN(c2ncc(C(=O)O)cc2N)CC1(C)C. The molecule has 0 bridgehead atoms. The molecule has 3 N–H and O–H groups in total. The van der Waals surface area contributed by atoms with Gasteiger partial charge in [-0.3, -0.25) is 4.90 Å². The lowest BCUT2D eigenvalue weighted by molar-refractivity contribution is 0.0696. The lowest BCUT2D eigenvalue weighted by Crippen LogP contribution is -2.58. The van der Waals surface area contributed by atoms with Gasteiger partial charge in [-0.15, -0.1) is 0 Å². The maximum absolute atomic E-state index is 10.9. The van der Waals surface area contributed by atoms with E-state index in [2.05, 4.69) is 35.7 Å². The van der Waals surface area contributed by atoms with Gasteiger partial charge in [0.1, 0.15) is 0 Å². The molecule has 1 saturated heterocycles. The summed E-state index contributed by atoms with van der Waals surface area (Å²) in [7, 11) is 2.10. The molecule has 0 aliphatic carbocycles. The molecule has 2 heterocycles. The van der Waals surface area contributed by atoms with E-state index < -0.39 is 5.97 Å². The second kappa shape index (κ2) is 4.70. The van der Waals surface area contributed by atoms with E-state index in [4.69, 9.17) is 10.8 Å². The summed E-state index contributed by atoms with van der Waals surface area (Å²) in [6.07, 6.45) is 1.36. The Morgan fingerprint density at radius 3 is 2.68 bits per heavy atom. The van der Waals surface area contributed by atoms with Crippen molar-refractivity contribution in [3.63, 3.8) is 0 Å². The van der Waals surface area contributed by atoms with Crippen LogP contribution in [0.5, 0.6) is 0 Å². The number of aromatic nitrogens is 1. The Kier molecular flexibility index (Phi) is 3.36. The van der Waals surface area contributed by atoms with Crippen LogP contribution in [0.15, 0.2) is 12.3 Å². The van der Waals surface area contributed by atoms with Crippen molar-refractivity contribution in [3.05, 3.63) is 17.8 Å². The van der Waals surface area contributed by atoms with Gasteiger partial charge in [0.2, 0.25) is 0 Å². The second-order valence-corrected chi connectivity index (χ2v) is 5.60. The summed E-state index contributed by atoms with van der Waals surface area (Å²) in [5, 5.41) is 8.91. The first kappa shape index (κ1) is 13.6. The van der Waals surface area contributed by atoms with Gasteiger partial charge in [-0.05, 0) is 27.0 Å². The van der Waals surface area contributed by atoms with Crippen LogP contribution in [0, 0.1) is 0 Å². The number of aromatic carboxylic acids is 1. The van der Waals surface area contributed by atoms with E-state index in [-0.39, 0.29) is 11.1 Å². The van der Waals surface area contributed by atoms with Crippen molar-refractivity contribution in [2.45, 2.75) is 19.4 Å². The number of carbonyl (C=O) groups is 1. The standard InChI is InChI=1S/C13H20N4O2/c1-13(2)8-17(5-4-16(13)3)11-10(14)6-9(7-15-11)12(18)19/h6-7H,4-5,8,14H2,1-3H3,(H,18,19). The molecular formula is C13H20N4O2. The monoisotopic (exact) mass is 264 g/mol. The smallest absolute Gasteiger partial charge is 0.337 e. The summed E-state index contributed by atoms with van der Waals surface area (Å²) in [4.78, 5) is 19.5. The Balaban J connectivity index is 2.26. The molecule has 2 rings (SSSR count). The molecule has 0 radical (unpaired) electrons. The van der Waals surface area contributed by atoms with Crippen LogP contribution in [-0.2, 0) is 0 Å². The van der Waals surface area contributed by atoms with E-state index in [9.17, 15) is 4.79 Å². The van der Waals surface area contributed by atoms with Crippen molar-refractivity contribution in [1.29, 1.82) is 0 Å². The molecule has 1 aliphatic rings. The van der Waals surface area contributed by atoms with Crippen molar-refractivity contribution in [2.24, 2.45) is 0 Å². The van der Waals surface area contributed by atoms with E-state index in [1.165, 1.54) is 12.3 Å². The Morgan fingerprint density at radius 2 is 2.16 bits per heavy atom. The van der Waals surface area contributed by atoms with Crippen molar-refractivity contribution >= 4 is 17.5 Å². The van der Waals surface area contributed by atoms with Crippen LogP contribution in [-0.4, -0.2) is 53.2 Å². The summed E-state index contributed by atoms with van der Waals surface area (Å²) in [5.74, 6) is -0.337. The molecule has 0 unspecified atom stereocenters. The van der Waals surface area contributed by atoms with Crippen LogP contribution in [0.1, 0.15) is 24.2 Å². The predicted octanol–water partition coefficient (Wildman–Crippen LogP) is 0.892.